The fraction of sp³-hybridized carbons (Fsp3) is 0.179. The number of phenols is 1. The molecule has 0 spiro atoms. The summed E-state index contributed by atoms with van der Waals surface area (Å²) >= 11 is 0. The fourth-order valence-electron chi connectivity index (χ4n) is 4.64. The third-order valence-electron chi connectivity index (χ3n) is 6.24. The summed E-state index contributed by atoms with van der Waals surface area (Å²) in [6.07, 6.45) is 0.585. The van der Waals surface area contributed by atoms with Crippen molar-refractivity contribution in [1.29, 1.82) is 0 Å². The van der Waals surface area contributed by atoms with Crippen LogP contribution in [0.25, 0.3) is 10.8 Å². The van der Waals surface area contributed by atoms with E-state index in [0.717, 1.165) is 39.2 Å². The molecule has 1 aliphatic rings. The van der Waals surface area contributed by atoms with E-state index in [2.05, 4.69) is 18.2 Å². The lowest BCUT2D eigenvalue weighted by Crippen LogP contribution is -2.19. The number of nitrogens with zero attached hydrogens (tertiary/aromatic N) is 2. The Kier molecular flexibility index (Phi) is 5.72. The highest BCUT2D eigenvalue weighted by Crippen LogP contribution is 2.43. The number of hydrogen-bond acceptors (Lipinski definition) is 6. The number of fused-ring (bicyclic) bond motifs is 1. The Balaban J connectivity index is 1.69. The van der Waals surface area contributed by atoms with Gasteiger partial charge in [-0.1, -0.05) is 42.5 Å². The highest BCUT2D eigenvalue weighted by Gasteiger charge is 2.33. The van der Waals surface area contributed by atoms with Gasteiger partial charge < -0.3 is 19.3 Å². The van der Waals surface area contributed by atoms with Gasteiger partial charge in [-0.15, -0.1) is 0 Å². The number of phenolic OH excluding ortho intramolecular Hbond substituents is 1. The van der Waals surface area contributed by atoms with Gasteiger partial charge in [0, 0.05) is 17.9 Å². The lowest BCUT2D eigenvalue weighted by molar-refractivity contribution is 0.406. The van der Waals surface area contributed by atoms with Gasteiger partial charge in [-0.05, 0) is 41.3 Å². The molecule has 0 aromatic heterocycles. The van der Waals surface area contributed by atoms with E-state index in [9.17, 15) is 5.11 Å². The van der Waals surface area contributed by atoms with Crippen LogP contribution >= 0.6 is 0 Å². The maximum absolute atomic E-state index is 10.7. The highest BCUT2D eigenvalue weighted by molar-refractivity contribution is 6.08. The summed E-state index contributed by atoms with van der Waals surface area (Å²) in [6.45, 7) is 0. The fourth-order valence-corrected chi connectivity index (χ4v) is 4.64. The Morgan fingerprint density at radius 2 is 1.56 bits per heavy atom. The summed E-state index contributed by atoms with van der Waals surface area (Å²) in [5.41, 5.74) is 3.38. The van der Waals surface area contributed by atoms with Gasteiger partial charge in [-0.25, -0.2) is 0 Å². The van der Waals surface area contributed by atoms with Crippen molar-refractivity contribution in [1.82, 2.24) is 0 Å². The Labute approximate surface area is 198 Å². The summed E-state index contributed by atoms with van der Waals surface area (Å²) in [5.74, 6) is 2.31. The number of rotatable bonds is 6. The molecule has 1 heterocycles. The van der Waals surface area contributed by atoms with Crippen molar-refractivity contribution < 1.29 is 19.3 Å². The minimum Gasteiger partial charge on any atom is -0.507 e. The summed E-state index contributed by atoms with van der Waals surface area (Å²) in [7, 11) is 4.94. The Hall–Kier alpha value is -4.19. The highest BCUT2D eigenvalue weighted by atomic mass is 16.5. The molecule has 0 saturated carbocycles. The first-order valence-corrected chi connectivity index (χ1v) is 11.1. The van der Waals surface area contributed by atoms with Crippen molar-refractivity contribution in [2.75, 3.05) is 26.3 Å². The van der Waals surface area contributed by atoms with Crippen LogP contribution in [0, 0.1) is 0 Å². The molecule has 0 fully saturated rings. The van der Waals surface area contributed by atoms with Crippen LogP contribution in [0.5, 0.6) is 23.0 Å². The number of methoxy groups -OCH3 is 3. The second kappa shape index (κ2) is 8.98. The predicted octanol–water partition coefficient (Wildman–Crippen LogP) is 5.93. The molecular formula is C28H26N2O4. The average Bonchev–Trinajstić information content (AvgIpc) is 3.32. The molecule has 0 bridgehead atoms. The van der Waals surface area contributed by atoms with E-state index >= 15 is 0 Å². The van der Waals surface area contributed by atoms with E-state index in [4.69, 9.17) is 19.3 Å². The SMILES string of the molecule is COc1cccc(N2N=C(c3c(O)cccc3OC)CC2c2ccc(OC)c3ccccc23)c1. The zero-order valence-electron chi connectivity index (χ0n) is 19.4. The van der Waals surface area contributed by atoms with E-state index < -0.39 is 0 Å². The number of hydrazone groups is 1. The van der Waals surface area contributed by atoms with Gasteiger partial charge in [0.1, 0.15) is 23.0 Å². The second-order valence-corrected chi connectivity index (χ2v) is 8.07. The molecular weight excluding hydrogens is 428 g/mol. The third-order valence-corrected chi connectivity index (χ3v) is 6.24. The van der Waals surface area contributed by atoms with Crippen molar-refractivity contribution in [2.45, 2.75) is 12.5 Å². The van der Waals surface area contributed by atoms with Crippen LogP contribution in [-0.4, -0.2) is 32.1 Å². The standard InChI is InChI=1S/C28H26N2O4/c1-32-19-9-6-8-18(16-19)30-24(17-23(29-30)28-25(31)12-7-13-27(28)34-3)21-14-15-26(33-2)22-11-5-4-10-20(21)22/h4-16,24,31H,17H2,1-3H3. The zero-order chi connectivity index (χ0) is 23.7. The average molecular weight is 455 g/mol. The maximum atomic E-state index is 10.7. The Bertz CT molecular complexity index is 1380. The summed E-state index contributed by atoms with van der Waals surface area (Å²) in [6, 6.07) is 25.3. The molecule has 172 valence electrons. The molecule has 1 aliphatic heterocycles. The predicted molar refractivity (Wildman–Crippen MR) is 135 cm³/mol. The minimum atomic E-state index is -0.109. The summed E-state index contributed by atoms with van der Waals surface area (Å²) in [4.78, 5) is 0. The molecule has 1 N–H and O–H groups in total. The van der Waals surface area contributed by atoms with Gasteiger partial charge in [0.25, 0.3) is 0 Å². The van der Waals surface area contributed by atoms with Gasteiger partial charge >= 0.3 is 0 Å². The molecule has 1 unspecified atom stereocenters. The van der Waals surface area contributed by atoms with E-state index in [1.807, 2.05) is 53.5 Å². The number of benzene rings is 4. The molecule has 0 amide bonds. The normalized spacial score (nSPS) is 15.3. The van der Waals surface area contributed by atoms with Crippen molar-refractivity contribution in [3.8, 4) is 23.0 Å². The van der Waals surface area contributed by atoms with Gasteiger partial charge in [-0.3, -0.25) is 5.01 Å². The van der Waals surface area contributed by atoms with E-state index in [1.165, 1.54) is 0 Å². The lowest BCUT2D eigenvalue weighted by Gasteiger charge is -2.26. The van der Waals surface area contributed by atoms with Crippen molar-refractivity contribution in [3.05, 3.63) is 90.0 Å². The topological polar surface area (TPSA) is 63.5 Å². The summed E-state index contributed by atoms with van der Waals surface area (Å²) in [5, 5.41) is 19.8. The van der Waals surface area contributed by atoms with Crippen LogP contribution in [0.2, 0.25) is 0 Å². The molecule has 5 rings (SSSR count). The second-order valence-electron chi connectivity index (χ2n) is 8.07. The first-order chi connectivity index (χ1) is 16.6. The maximum Gasteiger partial charge on any atom is 0.131 e. The van der Waals surface area contributed by atoms with Crippen molar-refractivity contribution in [3.63, 3.8) is 0 Å². The molecule has 0 aliphatic carbocycles. The summed E-state index contributed by atoms with van der Waals surface area (Å²) < 4.78 is 16.6. The molecule has 0 radical (unpaired) electrons. The molecule has 0 saturated heterocycles. The van der Waals surface area contributed by atoms with Crippen LogP contribution in [0.3, 0.4) is 0 Å². The van der Waals surface area contributed by atoms with Crippen LogP contribution in [0.4, 0.5) is 5.69 Å². The molecule has 34 heavy (non-hydrogen) atoms. The van der Waals surface area contributed by atoms with E-state index in [-0.39, 0.29) is 11.8 Å². The van der Waals surface area contributed by atoms with Crippen molar-refractivity contribution in [2.24, 2.45) is 5.10 Å². The molecule has 6 nitrogen and oxygen atoms in total. The molecule has 4 aromatic carbocycles. The van der Waals surface area contributed by atoms with E-state index in [1.54, 1.807) is 33.5 Å². The largest absolute Gasteiger partial charge is 0.507 e. The Morgan fingerprint density at radius 3 is 2.32 bits per heavy atom. The Morgan fingerprint density at radius 1 is 0.794 bits per heavy atom. The van der Waals surface area contributed by atoms with Gasteiger partial charge in [0.15, 0.2) is 0 Å². The molecule has 1 atom stereocenters. The lowest BCUT2D eigenvalue weighted by atomic mass is 9.93. The van der Waals surface area contributed by atoms with Crippen LogP contribution in [-0.2, 0) is 0 Å². The first-order valence-electron chi connectivity index (χ1n) is 11.1. The number of hydrogen-bond donors (Lipinski definition) is 1. The smallest absolute Gasteiger partial charge is 0.131 e. The van der Waals surface area contributed by atoms with Gasteiger partial charge in [0.2, 0.25) is 0 Å². The zero-order valence-corrected chi connectivity index (χ0v) is 19.4. The molecule has 4 aromatic rings. The number of anilines is 1. The monoisotopic (exact) mass is 454 g/mol. The first kappa shape index (κ1) is 21.6. The number of ether oxygens (including phenoxy) is 3. The third kappa shape index (κ3) is 3.67. The van der Waals surface area contributed by atoms with Gasteiger partial charge in [-0.2, -0.15) is 5.10 Å². The number of aromatic hydroxyl groups is 1. The van der Waals surface area contributed by atoms with E-state index in [0.29, 0.717) is 17.7 Å². The van der Waals surface area contributed by atoms with Crippen LogP contribution < -0.4 is 19.2 Å². The molecule has 6 heteroatoms. The van der Waals surface area contributed by atoms with Gasteiger partial charge in [0.05, 0.1) is 44.3 Å². The minimum absolute atomic E-state index is 0.109. The van der Waals surface area contributed by atoms with Crippen molar-refractivity contribution >= 4 is 22.2 Å². The van der Waals surface area contributed by atoms with Crippen LogP contribution in [0.15, 0.2) is 84.0 Å². The van der Waals surface area contributed by atoms with Crippen LogP contribution in [0.1, 0.15) is 23.6 Å². The quantitative estimate of drug-likeness (QED) is 0.391.